The van der Waals surface area contributed by atoms with Crippen LogP contribution < -0.4 is 5.32 Å². The second kappa shape index (κ2) is 8.87. The number of rotatable bonds is 8. The van der Waals surface area contributed by atoms with Crippen molar-refractivity contribution in [2.24, 2.45) is 0 Å². The molecule has 0 aliphatic rings. The van der Waals surface area contributed by atoms with Crippen LogP contribution in [-0.4, -0.2) is 31.1 Å². The van der Waals surface area contributed by atoms with E-state index in [4.69, 9.17) is 0 Å². The minimum atomic E-state index is -3.05. The highest BCUT2D eigenvalue weighted by Gasteiger charge is 2.18. The van der Waals surface area contributed by atoms with Crippen LogP contribution in [0.2, 0.25) is 0 Å². The van der Waals surface area contributed by atoms with Gasteiger partial charge in [-0.15, -0.1) is 0 Å². The molecular weight excluding hydrogens is 404 g/mol. The normalized spacial score (nSPS) is 11.1. The van der Waals surface area contributed by atoms with Gasteiger partial charge in [-0.05, 0) is 36.2 Å². The summed E-state index contributed by atoms with van der Waals surface area (Å²) in [5.41, 5.74) is 2.20. The van der Waals surface area contributed by atoms with E-state index in [0.717, 1.165) is 5.56 Å². The number of anilines is 2. The first-order chi connectivity index (χ1) is 14.2. The molecule has 3 aromatic carbocycles. The zero-order valence-electron chi connectivity index (χ0n) is 16.2. The molecular formula is C22H20N2O5S. The summed E-state index contributed by atoms with van der Waals surface area (Å²) in [4.78, 5) is 23.6. The smallest absolute Gasteiger partial charge is 0.293 e. The largest absolute Gasteiger partial charge is 0.350 e. The monoisotopic (exact) mass is 424 g/mol. The van der Waals surface area contributed by atoms with Crippen LogP contribution in [0.15, 0.2) is 72.8 Å². The van der Waals surface area contributed by atoms with Crippen LogP contribution in [0.4, 0.5) is 17.1 Å². The number of nitrogens with one attached hydrogen (secondary N) is 1. The number of benzene rings is 3. The predicted octanol–water partition coefficient (Wildman–Crippen LogP) is 4.16. The first kappa shape index (κ1) is 21.2. The van der Waals surface area contributed by atoms with Crippen LogP contribution in [0.1, 0.15) is 21.5 Å². The first-order valence-electron chi connectivity index (χ1n) is 9.15. The van der Waals surface area contributed by atoms with Gasteiger partial charge in [-0.25, -0.2) is 8.42 Å². The Morgan fingerprint density at radius 2 is 1.63 bits per heavy atom. The van der Waals surface area contributed by atoms with E-state index in [1.165, 1.54) is 18.4 Å². The number of aryl methyl sites for hydroxylation is 1. The summed E-state index contributed by atoms with van der Waals surface area (Å²) < 4.78 is 22.6. The summed E-state index contributed by atoms with van der Waals surface area (Å²) >= 11 is 0. The number of carbonyl (C=O) groups is 1. The van der Waals surface area contributed by atoms with E-state index in [0.29, 0.717) is 17.7 Å². The number of nitro benzene ring substituents is 1. The third kappa shape index (κ3) is 5.51. The third-order valence-electron chi connectivity index (χ3n) is 4.49. The second-order valence-corrected chi connectivity index (χ2v) is 9.15. The van der Waals surface area contributed by atoms with E-state index in [9.17, 15) is 23.3 Å². The number of hydrogen-bond donors (Lipinski definition) is 1. The van der Waals surface area contributed by atoms with Crippen LogP contribution >= 0.6 is 0 Å². The molecule has 0 heterocycles. The minimum absolute atomic E-state index is 0.0577. The lowest BCUT2D eigenvalue weighted by Gasteiger charge is -2.10. The molecule has 1 N–H and O–H groups in total. The predicted molar refractivity (Wildman–Crippen MR) is 116 cm³/mol. The van der Waals surface area contributed by atoms with Crippen molar-refractivity contribution < 1.29 is 18.1 Å². The quantitative estimate of drug-likeness (QED) is 0.331. The Morgan fingerprint density at radius 1 is 0.967 bits per heavy atom. The molecule has 154 valence electrons. The summed E-state index contributed by atoms with van der Waals surface area (Å²) in [6.07, 6.45) is 1.59. The van der Waals surface area contributed by atoms with Crippen LogP contribution in [-0.2, 0) is 16.3 Å². The molecule has 0 spiro atoms. The van der Waals surface area contributed by atoms with Crippen molar-refractivity contribution in [2.75, 3.05) is 17.3 Å². The zero-order chi connectivity index (χ0) is 21.7. The number of carbonyl (C=O) groups excluding carboxylic acids is 1. The Balaban J connectivity index is 1.81. The van der Waals surface area contributed by atoms with Gasteiger partial charge >= 0.3 is 0 Å². The molecule has 3 rings (SSSR count). The Labute approximate surface area is 174 Å². The Hall–Kier alpha value is -3.52. The molecule has 0 fully saturated rings. The summed E-state index contributed by atoms with van der Waals surface area (Å²) in [6, 6.07) is 19.9. The van der Waals surface area contributed by atoms with E-state index >= 15 is 0 Å². The maximum absolute atomic E-state index is 12.6. The second-order valence-electron chi connectivity index (χ2n) is 6.89. The van der Waals surface area contributed by atoms with Gasteiger partial charge < -0.3 is 5.32 Å². The fourth-order valence-electron chi connectivity index (χ4n) is 2.90. The van der Waals surface area contributed by atoms with Gasteiger partial charge in [-0.1, -0.05) is 42.5 Å². The number of nitro groups is 1. The highest BCUT2D eigenvalue weighted by Crippen LogP contribution is 2.29. The van der Waals surface area contributed by atoms with E-state index in [-0.39, 0.29) is 28.5 Å². The molecule has 0 bridgehead atoms. The standard InChI is InChI=1S/C22H20N2O5S/c1-30(28,29)14-13-16-7-10-19(11-8-16)23-20-12-9-18(15-21(20)24(26)27)22(25)17-5-3-2-4-6-17/h2-12,15,23H,13-14H2,1H3. The van der Waals surface area contributed by atoms with Crippen molar-refractivity contribution in [3.05, 3.63) is 99.6 Å². The van der Waals surface area contributed by atoms with Crippen LogP contribution in [0, 0.1) is 10.1 Å². The molecule has 0 amide bonds. The summed E-state index contributed by atoms with van der Waals surface area (Å²) in [6.45, 7) is 0. The molecule has 0 atom stereocenters. The molecule has 30 heavy (non-hydrogen) atoms. The van der Waals surface area contributed by atoms with Crippen molar-refractivity contribution in [1.29, 1.82) is 0 Å². The lowest BCUT2D eigenvalue weighted by molar-refractivity contribution is -0.383. The van der Waals surface area contributed by atoms with Crippen LogP contribution in [0.5, 0.6) is 0 Å². The van der Waals surface area contributed by atoms with Gasteiger partial charge in [0.2, 0.25) is 0 Å². The molecule has 7 nitrogen and oxygen atoms in total. The van der Waals surface area contributed by atoms with Gasteiger partial charge in [0.15, 0.2) is 5.78 Å². The first-order valence-corrected chi connectivity index (χ1v) is 11.2. The van der Waals surface area contributed by atoms with Gasteiger partial charge in [0.05, 0.1) is 10.7 Å². The van der Waals surface area contributed by atoms with Gasteiger partial charge in [-0.2, -0.15) is 0 Å². The molecule has 0 aromatic heterocycles. The van der Waals surface area contributed by atoms with E-state index < -0.39 is 14.8 Å². The fraction of sp³-hybridized carbons (Fsp3) is 0.136. The van der Waals surface area contributed by atoms with Crippen molar-refractivity contribution in [3.8, 4) is 0 Å². The maximum Gasteiger partial charge on any atom is 0.293 e. The highest BCUT2D eigenvalue weighted by molar-refractivity contribution is 7.90. The fourth-order valence-corrected chi connectivity index (χ4v) is 3.51. The van der Waals surface area contributed by atoms with Gasteiger partial charge in [0.25, 0.3) is 5.69 Å². The Morgan fingerprint density at radius 3 is 2.23 bits per heavy atom. The Kier molecular flexibility index (Phi) is 6.27. The molecule has 0 saturated carbocycles. The van der Waals surface area contributed by atoms with Crippen molar-refractivity contribution >= 4 is 32.7 Å². The molecule has 0 aliphatic carbocycles. The third-order valence-corrected chi connectivity index (χ3v) is 5.43. The van der Waals surface area contributed by atoms with Crippen molar-refractivity contribution in [3.63, 3.8) is 0 Å². The lowest BCUT2D eigenvalue weighted by atomic mass is 10.0. The van der Waals surface area contributed by atoms with Crippen molar-refractivity contribution in [2.45, 2.75) is 6.42 Å². The van der Waals surface area contributed by atoms with E-state index in [1.807, 2.05) is 0 Å². The molecule has 3 aromatic rings. The van der Waals surface area contributed by atoms with Crippen molar-refractivity contribution in [1.82, 2.24) is 0 Å². The molecule has 0 unspecified atom stereocenters. The number of ketones is 1. The summed E-state index contributed by atoms with van der Waals surface area (Å²) in [7, 11) is -3.05. The maximum atomic E-state index is 12.6. The molecule has 8 heteroatoms. The summed E-state index contributed by atoms with van der Waals surface area (Å²) in [5, 5.41) is 14.5. The average molecular weight is 424 g/mol. The molecule has 0 aliphatic heterocycles. The SMILES string of the molecule is CS(=O)(=O)CCc1ccc(Nc2ccc(C(=O)c3ccccc3)cc2[N+](=O)[O-])cc1. The minimum Gasteiger partial charge on any atom is -0.350 e. The lowest BCUT2D eigenvalue weighted by Crippen LogP contribution is -2.06. The number of hydrogen-bond acceptors (Lipinski definition) is 6. The van der Waals surface area contributed by atoms with Gasteiger partial charge in [-0.3, -0.25) is 14.9 Å². The topological polar surface area (TPSA) is 106 Å². The average Bonchev–Trinajstić information content (AvgIpc) is 2.73. The van der Waals surface area contributed by atoms with E-state index in [1.54, 1.807) is 60.7 Å². The van der Waals surface area contributed by atoms with Gasteiger partial charge in [0, 0.05) is 29.1 Å². The molecule has 0 saturated heterocycles. The number of nitrogens with zero attached hydrogens (tertiary/aromatic N) is 1. The van der Waals surface area contributed by atoms with Crippen LogP contribution in [0.25, 0.3) is 0 Å². The van der Waals surface area contributed by atoms with Crippen LogP contribution in [0.3, 0.4) is 0 Å². The number of sulfone groups is 1. The zero-order valence-corrected chi connectivity index (χ0v) is 17.1. The van der Waals surface area contributed by atoms with E-state index in [2.05, 4.69) is 5.32 Å². The Bertz CT molecular complexity index is 1170. The van der Waals surface area contributed by atoms with Gasteiger partial charge in [0.1, 0.15) is 15.5 Å². The summed E-state index contributed by atoms with van der Waals surface area (Å²) in [5.74, 6) is -0.234. The molecule has 0 radical (unpaired) electrons. The highest BCUT2D eigenvalue weighted by atomic mass is 32.2.